The first-order chi connectivity index (χ1) is 8.69. The quantitative estimate of drug-likeness (QED) is 0.802. The number of nitrogens with zero attached hydrogens (tertiary/aromatic N) is 1. The first-order valence-corrected chi connectivity index (χ1v) is 5.90. The summed E-state index contributed by atoms with van der Waals surface area (Å²) < 4.78 is 26.2. The van der Waals surface area contributed by atoms with Crippen molar-refractivity contribution in [2.45, 2.75) is 19.9 Å². The molecule has 0 radical (unpaired) electrons. The molecule has 3 nitrogen and oxygen atoms in total. The summed E-state index contributed by atoms with van der Waals surface area (Å²) in [6.45, 7) is 3.67. The van der Waals surface area contributed by atoms with Gasteiger partial charge in [0.25, 0.3) is 0 Å². The molecule has 0 amide bonds. The molecule has 5 heteroatoms. The van der Waals surface area contributed by atoms with E-state index in [1.807, 2.05) is 0 Å². The van der Waals surface area contributed by atoms with Crippen molar-refractivity contribution in [3.63, 3.8) is 0 Å². The van der Waals surface area contributed by atoms with Crippen LogP contribution in [0.3, 0.4) is 0 Å². The summed E-state index contributed by atoms with van der Waals surface area (Å²) in [7, 11) is 0. The number of aromatic nitrogens is 2. The molecule has 0 spiro atoms. The predicted molar refractivity (Wildman–Crippen MR) is 65.9 cm³/mol. The Bertz CT molecular complexity index is 502. The molecule has 1 aromatic heterocycles. The minimum atomic E-state index is -0.598. The molecule has 0 aliphatic heterocycles. The van der Waals surface area contributed by atoms with Gasteiger partial charge in [-0.05, 0) is 31.2 Å². The Morgan fingerprint density at radius 3 is 2.56 bits per heavy atom. The van der Waals surface area contributed by atoms with Crippen molar-refractivity contribution >= 4 is 0 Å². The third-order valence-corrected chi connectivity index (χ3v) is 2.53. The lowest BCUT2D eigenvalue weighted by Gasteiger charge is -1.98. The normalized spacial score (nSPS) is 10.8. The maximum absolute atomic E-state index is 13.1. The van der Waals surface area contributed by atoms with E-state index in [4.69, 9.17) is 0 Å². The van der Waals surface area contributed by atoms with Gasteiger partial charge in [0.15, 0.2) is 0 Å². The molecule has 1 heterocycles. The lowest BCUT2D eigenvalue weighted by molar-refractivity contribution is 0.584. The molecule has 2 rings (SSSR count). The van der Waals surface area contributed by atoms with Crippen molar-refractivity contribution in [3.8, 4) is 11.3 Å². The smallest absolute Gasteiger partial charge is 0.126 e. The SMILES string of the molecule is CCCNCc1cc(-c2cc(F)cc(F)c2)n[nH]1. The minimum absolute atomic E-state index is 0.436. The average Bonchev–Trinajstić information content (AvgIpc) is 2.77. The second-order valence-corrected chi connectivity index (χ2v) is 4.11. The van der Waals surface area contributed by atoms with Gasteiger partial charge in [-0.15, -0.1) is 0 Å². The highest BCUT2D eigenvalue weighted by atomic mass is 19.1. The summed E-state index contributed by atoms with van der Waals surface area (Å²) in [4.78, 5) is 0. The Kier molecular flexibility index (Phi) is 4.04. The zero-order valence-corrected chi connectivity index (χ0v) is 10.1. The van der Waals surface area contributed by atoms with Gasteiger partial charge in [0.2, 0.25) is 0 Å². The first kappa shape index (κ1) is 12.7. The van der Waals surface area contributed by atoms with Gasteiger partial charge in [0, 0.05) is 23.9 Å². The monoisotopic (exact) mass is 251 g/mol. The van der Waals surface area contributed by atoms with Crippen molar-refractivity contribution in [1.82, 2.24) is 15.5 Å². The summed E-state index contributed by atoms with van der Waals surface area (Å²) in [6, 6.07) is 5.17. The molecule has 1 aromatic carbocycles. The number of rotatable bonds is 5. The molecule has 0 aliphatic rings. The molecule has 96 valence electrons. The van der Waals surface area contributed by atoms with Crippen molar-refractivity contribution < 1.29 is 8.78 Å². The maximum Gasteiger partial charge on any atom is 0.126 e. The third-order valence-electron chi connectivity index (χ3n) is 2.53. The summed E-state index contributed by atoms with van der Waals surface area (Å²) in [5.74, 6) is -1.20. The first-order valence-electron chi connectivity index (χ1n) is 5.90. The third kappa shape index (κ3) is 3.13. The fraction of sp³-hybridized carbons (Fsp3) is 0.308. The molecule has 0 saturated heterocycles. The van der Waals surface area contributed by atoms with E-state index in [1.54, 1.807) is 6.07 Å². The molecule has 2 aromatic rings. The van der Waals surface area contributed by atoms with Crippen LogP contribution in [0, 0.1) is 11.6 Å². The van der Waals surface area contributed by atoms with E-state index in [9.17, 15) is 8.78 Å². The van der Waals surface area contributed by atoms with Crippen LogP contribution in [-0.4, -0.2) is 16.7 Å². The highest BCUT2D eigenvalue weighted by Gasteiger charge is 2.07. The van der Waals surface area contributed by atoms with Crippen LogP contribution in [-0.2, 0) is 6.54 Å². The summed E-state index contributed by atoms with van der Waals surface area (Å²) in [6.07, 6.45) is 1.05. The lowest BCUT2D eigenvalue weighted by atomic mass is 10.1. The zero-order valence-electron chi connectivity index (χ0n) is 10.1. The molecule has 0 saturated carbocycles. The van der Waals surface area contributed by atoms with Gasteiger partial charge in [-0.2, -0.15) is 5.10 Å². The lowest BCUT2D eigenvalue weighted by Crippen LogP contribution is -2.13. The predicted octanol–water partition coefficient (Wildman–Crippen LogP) is 2.85. The van der Waals surface area contributed by atoms with Crippen LogP contribution in [0.15, 0.2) is 24.3 Å². The van der Waals surface area contributed by atoms with Gasteiger partial charge in [0.1, 0.15) is 11.6 Å². The Labute approximate surface area is 104 Å². The number of hydrogen-bond donors (Lipinski definition) is 2. The standard InChI is InChI=1S/C13H15F2N3/c1-2-3-16-8-12-7-13(18-17-12)9-4-10(14)6-11(15)5-9/h4-7,16H,2-3,8H2,1H3,(H,17,18). The van der Waals surface area contributed by atoms with Gasteiger partial charge < -0.3 is 5.32 Å². The van der Waals surface area contributed by atoms with Crippen LogP contribution in [0.1, 0.15) is 19.0 Å². The molecular weight excluding hydrogens is 236 g/mol. The molecule has 18 heavy (non-hydrogen) atoms. The van der Waals surface area contributed by atoms with E-state index in [2.05, 4.69) is 22.4 Å². The maximum atomic E-state index is 13.1. The molecule has 0 atom stereocenters. The van der Waals surface area contributed by atoms with E-state index in [0.717, 1.165) is 24.7 Å². The topological polar surface area (TPSA) is 40.7 Å². The van der Waals surface area contributed by atoms with Gasteiger partial charge in [-0.1, -0.05) is 6.92 Å². The number of H-pyrrole nitrogens is 1. The van der Waals surface area contributed by atoms with Crippen LogP contribution < -0.4 is 5.32 Å². The molecule has 0 bridgehead atoms. The number of aromatic amines is 1. The van der Waals surface area contributed by atoms with Gasteiger partial charge in [-0.25, -0.2) is 8.78 Å². The second kappa shape index (κ2) is 5.73. The molecule has 2 N–H and O–H groups in total. The van der Waals surface area contributed by atoms with Crippen molar-refractivity contribution in [3.05, 3.63) is 41.6 Å². The number of benzene rings is 1. The Morgan fingerprint density at radius 2 is 1.89 bits per heavy atom. The Morgan fingerprint density at radius 1 is 1.17 bits per heavy atom. The van der Waals surface area contributed by atoms with Crippen LogP contribution in [0.25, 0.3) is 11.3 Å². The van der Waals surface area contributed by atoms with Crippen LogP contribution >= 0.6 is 0 Å². The summed E-state index contributed by atoms with van der Waals surface area (Å²) in [5, 5.41) is 10.1. The van der Waals surface area contributed by atoms with E-state index in [1.165, 1.54) is 12.1 Å². The Hall–Kier alpha value is -1.75. The van der Waals surface area contributed by atoms with Crippen LogP contribution in [0.5, 0.6) is 0 Å². The fourth-order valence-electron chi connectivity index (χ4n) is 1.70. The van der Waals surface area contributed by atoms with Crippen molar-refractivity contribution in [1.29, 1.82) is 0 Å². The van der Waals surface area contributed by atoms with E-state index >= 15 is 0 Å². The minimum Gasteiger partial charge on any atom is -0.311 e. The number of hydrogen-bond acceptors (Lipinski definition) is 2. The Balaban J connectivity index is 2.13. The summed E-state index contributed by atoms with van der Waals surface area (Å²) >= 11 is 0. The molecule has 0 unspecified atom stereocenters. The highest BCUT2D eigenvalue weighted by molar-refractivity contribution is 5.59. The molecular formula is C13H15F2N3. The van der Waals surface area contributed by atoms with Crippen LogP contribution in [0.4, 0.5) is 8.78 Å². The second-order valence-electron chi connectivity index (χ2n) is 4.11. The number of halogens is 2. The van der Waals surface area contributed by atoms with Crippen molar-refractivity contribution in [2.24, 2.45) is 0 Å². The molecule has 0 fully saturated rings. The number of nitrogens with one attached hydrogen (secondary N) is 2. The fourth-order valence-corrected chi connectivity index (χ4v) is 1.70. The van der Waals surface area contributed by atoms with E-state index < -0.39 is 11.6 Å². The largest absolute Gasteiger partial charge is 0.311 e. The van der Waals surface area contributed by atoms with Crippen molar-refractivity contribution in [2.75, 3.05) is 6.54 Å². The van der Waals surface area contributed by atoms with Crippen LogP contribution in [0.2, 0.25) is 0 Å². The van der Waals surface area contributed by atoms with E-state index in [0.29, 0.717) is 17.8 Å². The van der Waals surface area contributed by atoms with E-state index in [-0.39, 0.29) is 0 Å². The van der Waals surface area contributed by atoms with Gasteiger partial charge in [-0.3, -0.25) is 5.10 Å². The molecule has 0 aliphatic carbocycles. The zero-order chi connectivity index (χ0) is 13.0. The summed E-state index contributed by atoms with van der Waals surface area (Å²) in [5.41, 5.74) is 1.87. The average molecular weight is 251 g/mol. The van der Waals surface area contributed by atoms with Gasteiger partial charge in [0.05, 0.1) is 5.69 Å². The van der Waals surface area contributed by atoms with Gasteiger partial charge >= 0.3 is 0 Å². The highest BCUT2D eigenvalue weighted by Crippen LogP contribution is 2.20.